The van der Waals surface area contributed by atoms with Crippen LogP contribution in [0.5, 0.6) is 0 Å². The van der Waals surface area contributed by atoms with Gasteiger partial charge in [0.25, 0.3) is 5.69 Å². The fourth-order valence-electron chi connectivity index (χ4n) is 3.72. The molecule has 0 N–H and O–H groups in total. The standard InChI is InChI=1S/C23H22N2O6/c1-28-14-13-20-21(16-9-11-18(12-10-16)25(26)27)19(15-24)22(17-7-5-4-6-8-17)31-23(20,29-2)30-3/h4-14,20-21H,1-3H3/b14-13-/t20-,21+/m1/s1. The molecule has 0 amide bonds. The summed E-state index contributed by atoms with van der Waals surface area (Å²) in [4.78, 5) is 10.6. The number of hydrogen-bond acceptors (Lipinski definition) is 7. The summed E-state index contributed by atoms with van der Waals surface area (Å²) in [6, 6.07) is 17.5. The van der Waals surface area contributed by atoms with Gasteiger partial charge < -0.3 is 18.9 Å². The summed E-state index contributed by atoms with van der Waals surface area (Å²) in [5.74, 6) is -2.46. The van der Waals surface area contributed by atoms with Crippen molar-refractivity contribution < 1.29 is 23.9 Å². The highest BCUT2D eigenvalue weighted by Crippen LogP contribution is 2.50. The van der Waals surface area contributed by atoms with Gasteiger partial charge in [-0.2, -0.15) is 5.26 Å². The number of nitro benzene ring substituents is 1. The number of nitro groups is 1. The van der Waals surface area contributed by atoms with Crippen LogP contribution in [-0.2, 0) is 18.9 Å². The van der Waals surface area contributed by atoms with Gasteiger partial charge in [0.2, 0.25) is 0 Å². The highest BCUT2D eigenvalue weighted by Gasteiger charge is 2.52. The lowest BCUT2D eigenvalue weighted by Gasteiger charge is -2.44. The number of allylic oxidation sites excluding steroid dienone is 1. The third-order valence-corrected chi connectivity index (χ3v) is 5.18. The van der Waals surface area contributed by atoms with Crippen LogP contribution in [-0.4, -0.2) is 32.2 Å². The molecule has 1 aliphatic heterocycles. The maximum atomic E-state index is 11.1. The number of ether oxygens (including phenoxy) is 4. The Morgan fingerprint density at radius 3 is 2.26 bits per heavy atom. The van der Waals surface area contributed by atoms with Crippen LogP contribution in [0.15, 0.2) is 72.5 Å². The minimum Gasteiger partial charge on any atom is -0.505 e. The smallest absolute Gasteiger partial charge is 0.334 e. The summed E-state index contributed by atoms with van der Waals surface area (Å²) in [6.07, 6.45) is 3.15. The summed E-state index contributed by atoms with van der Waals surface area (Å²) in [5.41, 5.74) is 1.65. The molecule has 2 aromatic carbocycles. The van der Waals surface area contributed by atoms with Crippen molar-refractivity contribution in [3.05, 3.63) is 93.7 Å². The second-order valence-corrected chi connectivity index (χ2v) is 6.75. The van der Waals surface area contributed by atoms with E-state index in [1.807, 2.05) is 30.3 Å². The molecule has 0 aliphatic carbocycles. The molecule has 8 heteroatoms. The predicted molar refractivity (Wildman–Crippen MR) is 112 cm³/mol. The van der Waals surface area contributed by atoms with Crippen LogP contribution in [0, 0.1) is 27.4 Å². The van der Waals surface area contributed by atoms with Crippen LogP contribution >= 0.6 is 0 Å². The maximum Gasteiger partial charge on any atom is 0.334 e. The fourth-order valence-corrected chi connectivity index (χ4v) is 3.72. The van der Waals surface area contributed by atoms with Gasteiger partial charge in [-0.15, -0.1) is 0 Å². The van der Waals surface area contributed by atoms with E-state index in [9.17, 15) is 15.4 Å². The lowest BCUT2D eigenvalue weighted by Crippen LogP contribution is -2.49. The van der Waals surface area contributed by atoms with Gasteiger partial charge in [0, 0.05) is 37.8 Å². The molecule has 0 saturated heterocycles. The Kier molecular flexibility index (Phi) is 6.70. The molecule has 0 fully saturated rings. The second kappa shape index (κ2) is 9.43. The lowest BCUT2D eigenvalue weighted by atomic mass is 9.76. The molecular weight excluding hydrogens is 400 g/mol. The topological polar surface area (TPSA) is 104 Å². The summed E-state index contributed by atoms with van der Waals surface area (Å²) in [6.45, 7) is 0. The molecule has 8 nitrogen and oxygen atoms in total. The van der Waals surface area contributed by atoms with Crippen LogP contribution in [0.2, 0.25) is 0 Å². The van der Waals surface area contributed by atoms with Crippen molar-refractivity contribution >= 4 is 11.4 Å². The molecule has 2 atom stereocenters. The van der Waals surface area contributed by atoms with Gasteiger partial charge >= 0.3 is 5.97 Å². The van der Waals surface area contributed by atoms with Crippen molar-refractivity contribution in [2.24, 2.45) is 5.92 Å². The second-order valence-electron chi connectivity index (χ2n) is 6.75. The normalized spacial score (nSPS) is 20.2. The van der Waals surface area contributed by atoms with Gasteiger partial charge in [0.05, 0.1) is 35.9 Å². The van der Waals surface area contributed by atoms with E-state index in [0.29, 0.717) is 22.5 Å². The van der Waals surface area contributed by atoms with Crippen molar-refractivity contribution in [2.75, 3.05) is 21.3 Å². The highest BCUT2D eigenvalue weighted by atomic mass is 16.9. The van der Waals surface area contributed by atoms with Crippen LogP contribution < -0.4 is 0 Å². The minimum absolute atomic E-state index is 0.0460. The third kappa shape index (κ3) is 4.14. The van der Waals surface area contributed by atoms with E-state index in [-0.39, 0.29) is 5.69 Å². The quantitative estimate of drug-likeness (QED) is 0.282. The zero-order valence-corrected chi connectivity index (χ0v) is 17.3. The number of methoxy groups -OCH3 is 3. The molecule has 2 aromatic rings. The first-order valence-electron chi connectivity index (χ1n) is 9.44. The van der Waals surface area contributed by atoms with Crippen molar-refractivity contribution in [3.8, 4) is 6.07 Å². The minimum atomic E-state index is -1.56. The number of hydrogen-bond donors (Lipinski definition) is 0. The molecule has 0 bridgehead atoms. The third-order valence-electron chi connectivity index (χ3n) is 5.18. The molecular formula is C23H22N2O6. The zero-order valence-electron chi connectivity index (χ0n) is 17.3. The number of benzene rings is 2. The van der Waals surface area contributed by atoms with Gasteiger partial charge in [0.15, 0.2) is 0 Å². The van der Waals surface area contributed by atoms with Gasteiger partial charge in [0.1, 0.15) is 5.76 Å². The largest absolute Gasteiger partial charge is 0.505 e. The first-order chi connectivity index (χ1) is 15.0. The van der Waals surface area contributed by atoms with Crippen molar-refractivity contribution in [1.82, 2.24) is 0 Å². The molecule has 0 radical (unpaired) electrons. The molecule has 0 saturated carbocycles. The SMILES string of the molecule is CO/C=C\[C@@H]1[C@@H](c2ccc([N+](=O)[O-])cc2)C(C#N)=C(c2ccccc2)OC1(OC)OC. The molecule has 0 unspecified atom stereocenters. The Bertz CT molecular complexity index is 1020. The van der Waals surface area contributed by atoms with Gasteiger partial charge in [-0.1, -0.05) is 42.5 Å². The van der Waals surface area contributed by atoms with Crippen LogP contribution in [0.4, 0.5) is 5.69 Å². The van der Waals surface area contributed by atoms with E-state index < -0.39 is 22.7 Å². The van der Waals surface area contributed by atoms with E-state index in [0.717, 1.165) is 0 Å². The van der Waals surface area contributed by atoms with Gasteiger partial charge in [-0.05, 0) is 11.6 Å². The molecule has 0 aromatic heterocycles. The molecule has 0 spiro atoms. The van der Waals surface area contributed by atoms with E-state index >= 15 is 0 Å². The first-order valence-corrected chi connectivity index (χ1v) is 9.44. The highest BCUT2D eigenvalue weighted by molar-refractivity contribution is 5.70. The zero-order chi connectivity index (χ0) is 22.4. The van der Waals surface area contributed by atoms with E-state index in [1.54, 1.807) is 18.2 Å². The van der Waals surface area contributed by atoms with E-state index in [1.165, 1.54) is 39.7 Å². The molecule has 1 aliphatic rings. The fraction of sp³-hybridized carbons (Fsp3) is 0.261. The summed E-state index contributed by atoms with van der Waals surface area (Å²) >= 11 is 0. The monoisotopic (exact) mass is 422 g/mol. The van der Waals surface area contributed by atoms with Crippen LogP contribution in [0.3, 0.4) is 0 Å². The summed E-state index contributed by atoms with van der Waals surface area (Å²) < 4.78 is 22.7. The number of rotatable bonds is 7. The molecule has 3 rings (SSSR count). The number of non-ortho nitro benzene ring substituents is 1. The molecule has 160 valence electrons. The lowest BCUT2D eigenvalue weighted by molar-refractivity contribution is -0.384. The number of nitriles is 1. The Labute approximate surface area is 180 Å². The van der Waals surface area contributed by atoms with Crippen molar-refractivity contribution in [2.45, 2.75) is 11.9 Å². The molecule has 1 heterocycles. The predicted octanol–water partition coefficient (Wildman–Crippen LogP) is 4.37. The van der Waals surface area contributed by atoms with Crippen LogP contribution in [0.1, 0.15) is 17.0 Å². The Balaban J connectivity index is 2.28. The maximum absolute atomic E-state index is 11.1. The Morgan fingerprint density at radius 2 is 1.74 bits per heavy atom. The van der Waals surface area contributed by atoms with Crippen LogP contribution in [0.25, 0.3) is 5.76 Å². The van der Waals surface area contributed by atoms with Gasteiger partial charge in [-0.3, -0.25) is 10.1 Å². The first kappa shape index (κ1) is 22.0. The van der Waals surface area contributed by atoms with Crippen molar-refractivity contribution in [1.29, 1.82) is 5.26 Å². The summed E-state index contributed by atoms with van der Waals surface area (Å²) in [5, 5.41) is 21.2. The van der Waals surface area contributed by atoms with Gasteiger partial charge in [-0.25, -0.2) is 0 Å². The average molecular weight is 422 g/mol. The molecule has 31 heavy (non-hydrogen) atoms. The Morgan fingerprint density at radius 1 is 1.10 bits per heavy atom. The van der Waals surface area contributed by atoms with E-state index in [2.05, 4.69) is 6.07 Å². The number of nitrogens with zero attached hydrogens (tertiary/aromatic N) is 2. The average Bonchev–Trinajstić information content (AvgIpc) is 2.82. The van der Waals surface area contributed by atoms with E-state index in [4.69, 9.17) is 18.9 Å². The summed E-state index contributed by atoms with van der Waals surface area (Å²) in [7, 11) is 4.40. The Hall–Kier alpha value is -3.67. The van der Waals surface area contributed by atoms with Crippen molar-refractivity contribution in [3.63, 3.8) is 0 Å².